The van der Waals surface area contributed by atoms with Crippen LogP contribution in [-0.2, 0) is 11.3 Å². The van der Waals surface area contributed by atoms with Gasteiger partial charge in [0.1, 0.15) is 0 Å². The van der Waals surface area contributed by atoms with Gasteiger partial charge in [-0.3, -0.25) is 0 Å². The summed E-state index contributed by atoms with van der Waals surface area (Å²) in [5, 5.41) is 3.03. The average Bonchev–Trinajstić information content (AvgIpc) is 2.77. The van der Waals surface area contributed by atoms with Gasteiger partial charge in [-0.2, -0.15) is 0 Å². The van der Waals surface area contributed by atoms with E-state index in [2.05, 4.69) is 17.3 Å². The van der Waals surface area contributed by atoms with Gasteiger partial charge in [0.25, 0.3) is 0 Å². The molecule has 0 aromatic heterocycles. The highest BCUT2D eigenvalue weighted by Crippen LogP contribution is 2.32. The van der Waals surface area contributed by atoms with Crippen molar-refractivity contribution >= 4 is 6.03 Å². The summed E-state index contributed by atoms with van der Waals surface area (Å²) in [6, 6.07) is 10.0. The summed E-state index contributed by atoms with van der Waals surface area (Å²) in [5.41, 5.74) is 1.23. The molecule has 0 aliphatic carbocycles. The molecule has 0 saturated carbocycles. The molecule has 2 saturated heterocycles. The van der Waals surface area contributed by atoms with E-state index in [-0.39, 0.29) is 11.4 Å². The molecule has 1 spiro atoms. The maximum Gasteiger partial charge on any atom is 0.317 e. The van der Waals surface area contributed by atoms with E-state index < -0.39 is 0 Å². The van der Waals surface area contributed by atoms with E-state index in [9.17, 15) is 4.79 Å². The summed E-state index contributed by atoms with van der Waals surface area (Å²) in [4.78, 5) is 16.7. The monoisotopic (exact) mass is 303 g/mol. The molecule has 2 aliphatic heterocycles. The fraction of sp³-hybridized carbons (Fsp3) is 0.588. The highest BCUT2D eigenvalue weighted by Gasteiger charge is 2.40. The minimum Gasteiger partial charge on any atom is -0.379 e. The molecule has 2 fully saturated rings. The molecule has 2 heterocycles. The van der Waals surface area contributed by atoms with Gasteiger partial charge >= 0.3 is 6.03 Å². The fourth-order valence-electron chi connectivity index (χ4n) is 3.46. The normalized spacial score (nSPS) is 26.1. The summed E-state index contributed by atoms with van der Waals surface area (Å²) in [6.07, 6.45) is 1.10. The Balaban J connectivity index is 1.59. The van der Waals surface area contributed by atoms with E-state index in [1.54, 1.807) is 0 Å². The molecule has 0 radical (unpaired) electrons. The third-order valence-electron chi connectivity index (χ3n) is 4.64. The van der Waals surface area contributed by atoms with Crippen LogP contribution in [0.4, 0.5) is 4.79 Å². The Morgan fingerprint density at radius 1 is 1.27 bits per heavy atom. The number of urea groups is 1. The van der Waals surface area contributed by atoms with Crippen molar-refractivity contribution in [1.82, 2.24) is 15.1 Å². The first-order valence-corrected chi connectivity index (χ1v) is 8.00. The Kier molecular flexibility index (Phi) is 4.64. The largest absolute Gasteiger partial charge is 0.379 e. The van der Waals surface area contributed by atoms with Gasteiger partial charge in [-0.1, -0.05) is 30.3 Å². The van der Waals surface area contributed by atoms with Gasteiger partial charge in [-0.15, -0.1) is 0 Å². The number of hydrogen-bond acceptors (Lipinski definition) is 3. The standard InChI is InChI=1S/C17H25N3O2/c1-19-8-7-17(12-19)13-20(9-10-22-14-17)16(21)18-11-15-5-3-2-4-6-15/h2-6H,7-14H2,1H3,(H,18,21)/t17-/m0/s1. The van der Waals surface area contributed by atoms with E-state index in [1.807, 2.05) is 35.2 Å². The molecular weight excluding hydrogens is 278 g/mol. The molecule has 0 unspecified atom stereocenters. The van der Waals surface area contributed by atoms with Gasteiger partial charge in [0.2, 0.25) is 0 Å². The minimum absolute atomic E-state index is 0.0169. The lowest BCUT2D eigenvalue weighted by atomic mass is 9.87. The van der Waals surface area contributed by atoms with Crippen LogP contribution in [0.5, 0.6) is 0 Å². The van der Waals surface area contributed by atoms with Gasteiger partial charge in [0.05, 0.1) is 13.2 Å². The number of rotatable bonds is 2. The molecule has 1 aromatic rings. The van der Waals surface area contributed by atoms with Crippen LogP contribution in [0.2, 0.25) is 0 Å². The molecular formula is C17H25N3O2. The average molecular weight is 303 g/mol. The zero-order valence-electron chi connectivity index (χ0n) is 13.3. The molecule has 1 atom stereocenters. The Hall–Kier alpha value is -1.59. The third kappa shape index (κ3) is 3.59. The number of carbonyl (C=O) groups is 1. The van der Waals surface area contributed by atoms with Gasteiger partial charge in [0, 0.05) is 31.6 Å². The number of nitrogens with one attached hydrogen (secondary N) is 1. The Morgan fingerprint density at radius 3 is 2.82 bits per heavy atom. The molecule has 22 heavy (non-hydrogen) atoms. The molecule has 2 aliphatic rings. The number of likely N-dealkylation sites (tertiary alicyclic amines) is 1. The Labute approximate surface area is 132 Å². The van der Waals surface area contributed by atoms with Crippen molar-refractivity contribution in [2.75, 3.05) is 46.4 Å². The maximum absolute atomic E-state index is 12.5. The Bertz CT molecular complexity index is 508. The van der Waals surface area contributed by atoms with Crippen LogP contribution >= 0.6 is 0 Å². The SMILES string of the molecule is CN1CC[C@]2(COCCN(C(=O)NCc3ccccc3)C2)C1. The highest BCUT2D eigenvalue weighted by atomic mass is 16.5. The number of nitrogens with zero attached hydrogens (tertiary/aromatic N) is 2. The van der Waals surface area contributed by atoms with Crippen molar-refractivity contribution in [3.8, 4) is 0 Å². The summed E-state index contributed by atoms with van der Waals surface area (Å²) < 4.78 is 5.78. The molecule has 5 heteroatoms. The summed E-state index contributed by atoms with van der Waals surface area (Å²) in [5.74, 6) is 0. The fourth-order valence-corrected chi connectivity index (χ4v) is 3.46. The second-order valence-electron chi connectivity index (χ2n) is 6.61. The van der Waals surface area contributed by atoms with Crippen LogP contribution in [0, 0.1) is 5.41 Å². The van der Waals surface area contributed by atoms with E-state index in [0.29, 0.717) is 19.7 Å². The first kappa shape index (κ1) is 15.3. The molecule has 5 nitrogen and oxygen atoms in total. The van der Waals surface area contributed by atoms with E-state index in [0.717, 1.165) is 38.2 Å². The zero-order chi connectivity index (χ0) is 15.4. The Morgan fingerprint density at radius 2 is 2.09 bits per heavy atom. The number of carbonyl (C=O) groups excluding carboxylic acids is 1. The van der Waals surface area contributed by atoms with Crippen LogP contribution in [0.15, 0.2) is 30.3 Å². The van der Waals surface area contributed by atoms with Gasteiger partial charge in [-0.05, 0) is 25.6 Å². The topological polar surface area (TPSA) is 44.8 Å². The van der Waals surface area contributed by atoms with E-state index >= 15 is 0 Å². The zero-order valence-corrected chi connectivity index (χ0v) is 13.3. The first-order chi connectivity index (χ1) is 10.7. The molecule has 1 aromatic carbocycles. The van der Waals surface area contributed by atoms with Crippen molar-refractivity contribution in [1.29, 1.82) is 0 Å². The van der Waals surface area contributed by atoms with Crippen LogP contribution in [0.1, 0.15) is 12.0 Å². The minimum atomic E-state index is 0.0169. The molecule has 120 valence electrons. The van der Waals surface area contributed by atoms with Crippen LogP contribution < -0.4 is 5.32 Å². The van der Waals surface area contributed by atoms with Gasteiger partial charge < -0.3 is 19.9 Å². The van der Waals surface area contributed by atoms with Crippen LogP contribution in [0.3, 0.4) is 0 Å². The number of hydrogen-bond donors (Lipinski definition) is 1. The van der Waals surface area contributed by atoms with Crippen molar-refractivity contribution in [2.45, 2.75) is 13.0 Å². The van der Waals surface area contributed by atoms with Crippen molar-refractivity contribution in [3.63, 3.8) is 0 Å². The van der Waals surface area contributed by atoms with Crippen LogP contribution in [-0.4, -0.2) is 62.3 Å². The predicted octanol–water partition coefficient (Wildman–Crippen LogP) is 1.55. The van der Waals surface area contributed by atoms with E-state index in [4.69, 9.17) is 4.74 Å². The molecule has 3 rings (SSSR count). The second kappa shape index (κ2) is 6.67. The lowest BCUT2D eigenvalue weighted by molar-refractivity contribution is 0.0738. The lowest BCUT2D eigenvalue weighted by Crippen LogP contribution is -2.47. The van der Waals surface area contributed by atoms with Gasteiger partial charge in [0.15, 0.2) is 0 Å². The summed E-state index contributed by atoms with van der Waals surface area (Å²) >= 11 is 0. The summed E-state index contributed by atoms with van der Waals surface area (Å²) in [7, 11) is 2.14. The number of amides is 2. The van der Waals surface area contributed by atoms with Crippen molar-refractivity contribution in [2.24, 2.45) is 5.41 Å². The smallest absolute Gasteiger partial charge is 0.317 e. The molecule has 2 amide bonds. The predicted molar refractivity (Wildman–Crippen MR) is 85.6 cm³/mol. The highest BCUT2D eigenvalue weighted by molar-refractivity contribution is 5.74. The molecule has 1 N–H and O–H groups in total. The first-order valence-electron chi connectivity index (χ1n) is 8.00. The lowest BCUT2D eigenvalue weighted by Gasteiger charge is -2.31. The molecule has 0 bridgehead atoms. The quantitative estimate of drug-likeness (QED) is 0.901. The van der Waals surface area contributed by atoms with Crippen molar-refractivity contribution in [3.05, 3.63) is 35.9 Å². The third-order valence-corrected chi connectivity index (χ3v) is 4.64. The maximum atomic E-state index is 12.5. The number of benzene rings is 1. The van der Waals surface area contributed by atoms with E-state index in [1.165, 1.54) is 0 Å². The second-order valence-corrected chi connectivity index (χ2v) is 6.61. The van der Waals surface area contributed by atoms with Crippen LogP contribution in [0.25, 0.3) is 0 Å². The number of ether oxygens (including phenoxy) is 1. The van der Waals surface area contributed by atoms with Gasteiger partial charge in [-0.25, -0.2) is 4.79 Å². The van der Waals surface area contributed by atoms with Crippen molar-refractivity contribution < 1.29 is 9.53 Å². The summed E-state index contributed by atoms with van der Waals surface area (Å²) in [6.45, 7) is 5.52.